The number of amidine groups is 1. The van der Waals surface area contributed by atoms with Gasteiger partial charge >= 0.3 is 0 Å². The van der Waals surface area contributed by atoms with Gasteiger partial charge in [0.15, 0.2) is 0 Å². The van der Waals surface area contributed by atoms with Gasteiger partial charge in [0.05, 0.1) is 17.2 Å². The van der Waals surface area contributed by atoms with Crippen molar-refractivity contribution >= 4 is 22.8 Å². The second kappa shape index (κ2) is 6.17. The first-order valence-electron chi connectivity index (χ1n) is 6.48. The second-order valence-electron chi connectivity index (χ2n) is 4.80. The van der Waals surface area contributed by atoms with E-state index in [9.17, 15) is 4.79 Å². The number of para-hydroxylation sites is 2. The molecule has 0 radical (unpaired) electrons. The number of nitrogens with two attached hydrogens (primary N) is 1. The Hall–Kier alpha value is -2.70. The molecule has 3 N–H and O–H groups in total. The first kappa shape index (κ1) is 14.7. The summed E-state index contributed by atoms with van der Waals surface area (Å²) in [6, 6.07) is 7.13. The average molecular weight is 287 g/mol. The van der Waals surface area contributed by atoms with Gasteiger partial charge in [0, 0.05) is 19.5 Å². The van der Waals surface area contributed by atoms with Crippen LogP contribution in [0.2, 0.25) is 0 Å². The molecule has 7 heteroatoms. The zero-order chi connectivity index (χ0) is 15.4. The first-order chi connectivity index (χ1) is 10.0. The van der Waals surface area contributed by atoms with Gasteiger partial charge in [-0.05, 0) is 19.1 Å². The Kier molecular flexibility index (Phi) is 4.32. The van der Waals surface area contributed by atoms with Crippen LogP contribution in [0.1, 0.15) is 23.8 Å². The predicted octanol–water partition coefficient (Wildman–Crippen LogP) is 1.23. The van der Waals surface area contributed by atoms with Crippen molar-refractivity contribution in [2.75, 3.05) is 7.05 Å². The van der Waals surface area contributed by atoms with Gasteiger partial charge in [-0.15, -0.1) is 0 Å². The monoisotopic (exact) mass is 287 g/mol. The van der Waals surface area contributed by atoms with Gasteiger partial charge < -0.3 is 15.8 Å². The molecule has 0 saturated carbocycles. The Balaban J connectivity index is 2.20. The normalized spacial score (nSPS) is 13.1. The molecule has 2 rings (SSSR count). The van der Waals surface area contributed by atoms with Crippen molar-refractivity contribution in [3.8, 4) is 0 Å². The largest absolute Gasteiger partial charge is 0.409 e. The molecule has 2 aromatic rings. The zero-order valence-corrected chi connectivity index (χ0v) is 11.9. The maximum Gasteiger partial charge on any atom is 0.274 e. The van der Waals surface area contributed by atoms with Gasteiger partial charge in [0.1, 0.15) is 11.5 Å². The van der Waals surface area contributed by atoms with Crippen LogP contribution in [0.15, 0.2) is 35.6 Å². The van der Waals surface area contributed by atoms with Crippen molar-refractivity contribution in [1.29, 1.82) is 0 Å². The van der Waals surface area contributed by atoms with Gasteiger partial charge in [0.25, 0.3) is 5.91 Å². The standard InChI is InChI=1S/C14H17N5O2/c1-9(7-13(15)18-21)19(2)14(20)12-8-16-10-5-3-4-6-11(10)17-12/h3-6,8-9,21H,7H2,1-2H3,(H2,15,18). The lowest BCUT2D eigenvalue weighted by Gasteiger charge is -2.24. The molecule has 0 aliphatic carbocycles. The molecule has 1 unspecified atom stereocenters. The van der Waals surface area contributed by atoms with Crippen molar-refractivity contribution < 1.29 is 10.0 Å². The minimum atomic E-state index is -0.258. The highest BCUT2D eigenvalue weighted by Gasteiger charge is 2.20. The van der Waals surface area contributed by atoms with Crippen LogP contribution in [0, 0.1) is 0 Å². The lowest BCUT2D eigenvalue weighted by Crippen LogP contribution is -2.38. The summed E-state index contributed by atoms with van der Waals surface area (Å²) in [5.74, 6) is -0.182. The number of amides is 1. The SMILES string of the molecule is CC(C/C(N)=N/O)N(C)C(=O)c1cnc2ccccc2n1. The second-order valence-corrected chi connectivity index (χ2v) is 4.80. The van der Waals surface area contributed by atoms with Crippen LogP contribution >= 0.6 is 0 Å². The Bertz CT molecular complexity index is 686. The summed E-state index contributed by atoms with van der Waals surface area (Å²) in [6.07, 6.45) is 1.73. The van der Waals surface area contributed by atoms with Gasteiger partial charge in [-0.1, -0.05) is 17.3 Å². The van der Waals surface area contributed by atoms with E-state index in [4.69, 9.17) is 10.9 Å². The minimum absolute atomic E-state index is 0.0757. The van der Waals surface area contributed by atoms with Crippen LogP contribution < -0.4 is 5.73 Å². The van der Waals surface area contributed by atoms with Crippen LogP contribution in [-0.2, 0) is 0 Å². The van der Waals surface area contributed by atoms with E-state index in [1.54, 1.807) is 13.1 Å². The van der Waals surface area contributed by atoms with Crippen molar-refractivity contribution in [2.45, 2.75) is 19.4 Å². The third kappa shape index (κ3) is 3.25. The third-order valence-corrected chi connectivity index (χ3v) is 3.28. The Labute approximate surface area is 122 Å². The first-order valence-corrected chi connectivity index (χ1v) is 6.48. The molecule has 0 saturated heterocycles. The van der Waals surface area contributed by atoms with Crippen molar-refractivity contribution in [2.24, 2.45) is 10.9 Å². The minimum Gasteiger partial charge on any atom is -0.409 e. The lowest BCUT2D eigenvalue weighted by molar-refractivity contribution is 0.0741. The summed E-state index contributed by atoms with van der Waals surface area (Å²) in [5.41, 5.74) is 7.13. The van der Waals surface area contributed by atoms with E-state index in [0.29, 0.717) is 5.52 Å². The van der Waals surface area contributed by atoms with Gasteiger partial charge in [-0.2, -0.15) is 0 Å². The van der Waals surface area contributed by atoms with Gasteiger partial charge in [0.2, 0.25) is 0 Å². The van der Waals surface area contributed by atoms with E-state index in [-0.39, 0.29) is 29.9 Å². The van der Waals surface area contributed by atoms with Crippen molar-refractivity contribution in [3.05, 3.63) is 36.2 Å². The molecule has 1 aromatic heterocycles. The highest BCUT2D eigenvalue weighted by Crippen LogP contribution is 2.11. The molecule has 1 aromatic carbocycles. The summed E-state index contributed by atoms with van der Waals surface area (Å²) >= 11 is 0. The maximum absolute atomic E-state index is 12.4. The Morgan fingerprint density at radius 1 is 1.43 bits per heavy atom. The number of nitrogens with zero attached hydrogens (tertiary/aromatic N) is 4. The molecule has 0 aliphatic heterocycles. The number of fused-ring (bicyclic) bond motifs is 1. The van der Waals surface area contributed by atoms with E-state index >= 15 is 0 Å². The van der Waals surface area contributed by atoms with E-state index in [0.717, 1.165) is 5.52 Å². The molecule has 1 atom stereocenters. The Morgan fingerprint density at radius 3 is 2.76 bits per heavy atom. The molecule has 0 aliphatic rings. The molecule has 0 spiro atoms. The number of hydrogen-bond acceptors (Lipinski definition) is 5. The molecule has 7 nitrogen and oxygen atoms in total. The summed E-state index contributed by atoms with van der Waals surface area (Å²) in [6.45, 7) is 1.81. The van der Waals surface area contributed by atoms with Gasteiger partial charge in [-0.25, -0.2) is 4.98 Å². The van der Waals surface area contributed by atoms with Crippen LogP contribution in [0.25, 0.3) is 11.0 Å². The van der Waals surface area contributed by atoms with E-state index in [1.807, 2.05) is 25.1 Å². The van der Waals surface area contributed by atoms with Gasteiger partial charge in [-0.3, -0.25) is 9.78 Å². The summed E-state index contributed by atoms with van der Waals surface area (Å²) in [5, 5.41) is 11.5. The molecule has 1 heterocycles. The van der Waals surface area contributed by atoms with Crippen LogP contribution in [0.5, 0.6) is 0 Å². The number of rotatable bonds is 4. The third-order valence-electron chi connectivity index (χ3n) is 3.28. The zero-order valence-electron chi connectivity index (χ0n) is 11.9. The van der Waals surface area contributed by atoms with Crippen molar-refractivity contribution in [3.63, 3.8) is 0 Å². The smallest absolute Gasteiger partial charge is 0.274 e. The van der Waals surface area contributed by atoms with Crippen LogP contribution in [0.4, 0.5) is 0 Å². The predicted molar refractivity (Wildman–Crippen MR) is 79.1 cm³/mol. The highest BCUT2D eigenvalue weighted by atomic mass is 16.4. The number of oxime groups is 1. The number of benzene rings is 1. The topological polar surface area (TPSA) is 105 Å². The number of aromatic nitrogens is 2. The Morgan fingerprint density at radius 2 is 2.10 bits per heavy atom. The fourth-order valence-corrected chi connectivity index (χ4v) is 1.92. The van der Waals surface area contributed by atoms with E-state index in [2.05, 4.69) is 15.1 Å². The molecule has 1 amide bonds. The molecular weight excluding hydrogens is 270 g/mol. The molecule has 21 heavy (non-hydrogen) atoms. The highest BCUT2D eigenvalue weighted by molar-refractivity contribution is 5.94. The molecule has 0 bridgehead atoms. The fourth-order valence-electron chi connectivity index (χ4n) is 1.92. The quantitative estimate of drug-likeness (QED) is 0.381. The molecular formula is C14H17N5O2. The van der Waals surface area contributed by atoms with Crippen LogP contribution in [-0.4, -0.2) is 44.9 Å². The van der Waals surface area contributed by atoms with E-state index < -0.39 is 0 Å². The van der Waals surface area contributed by atoms with Crippen molar-refractivity contribution in [1.82, 2.24) is 14.9 Å². The fraction of sp³-hybridized carbons (Fsp3) is 0.286. The van der Waals surface area contributed by atoms with E-state index in [1.165, 1.54) is 11.1 Å². The molecule has 0 fully saturated rings. The summed E-state index contributed by atoms with van der Waals surface area (Å²) in [4.78, 5) is 22.4. The number of carbonyl (C=O) groups is 1. The molecule has 110 valence electrons. The number of carbonyl (C=O) groups excluding carboxylic acids is 1. The number of hydrogen-bond donors (Lipinski definition) is 2. The lowest BCUT2D eigenvalue weighted by atomic mass is 10.2. The summed E-state index contributed by atoms with van der Waals surface area (Å²) in [7, 11) is 1.65. The average Bonchev–Trinajstić information content (AvgIpc) is 2.52. The maximum atomic E-state index is 12.4. The van der Waals surface area contributed by atoms with Crippen LogP contribution in [0.3, 0.4) is 0 Å². The summed E-state index contributed by atoms with van der Waals surface area (Å²) < 4.78 is 0.